The summed E-state index contributed by atoms with van der Waals surface area (Å²) in [6, 6.07) is 22.1. The van der Waals surface area contributed by atoms with E-state index in [1.54, 1.807) is 24.4 Å². The molecule has 1 atom stereocenters. The van der Waals surface area contributed by atoms with Crippen LogP contribution in [0.4, 0.5) is 5.69 Å². The van der Waals surface area contributed by atoms with Crippen LogP contribution < -0.4 is 4.90 Å². The Hall–Kier alpha value is -2.97. The van der Waals surface area contributed by atoms with Crippen LogP contribution >= 0.6 is 23.5 Å². The quantitative estimate of drug-likeness (QED) is 0.391. The van der Waals surface area contributed by atoms with Crippen molar-refractivity contribution in [2.24, 2.45) is 0 Å². The average Bonchev–Trinajstić information content (AvgIpc) is 3.50. The summed E-state index contributed by atoms with van der Waals surface area (Å²) in [5.74, 6) is 1.98. The molecule has 2 aromatic carbocycles. The van der Waals surface area contributed by atoms with E-state index in [0.717, 1.165) is 27.7 Å². The number of carbonyl (C=O) groups excluding carboxylic acids is 1. The van der Waals surface area contributed by atoms with Crippen molar-refractivity contribution in [3.05, 3.63) is 90.6 Å². The highest BCUT2D eigenvalue weighted by atomic mass is 32.2. The van der Waals surface area contributed by atoms with E-state index in [1.165, 1.54) is 11.8 Å². The van der Waals surface area contributed by atoms with Crippen molar-refractivity contribution < 1.29 is 9.21 Å². The smallest absolute Gasteiger partial charge is 0.238 e. The maximum absolute atomic E-state index is 13.5. The molecule has 0 saturated carbocycles. The lowest BCUT2D eigenvalue weighted by molar-refractivity contribution is -0.116. The molecule has 8 heteroatoms. The molecule has 0 saturated heterocycles. The van der Waals surface area contributed by atoms with E-state index in [-0.39, 0.29) is 17.7 Å². The number of hydrogen-bond acceptors (Lipinski definition) is 6. The summed E-state index contributed by atoms with van der Waals surface area (Å²) in [6.07, 6.45) is 3.31. The second-order valence-corrected chi connectivity index (χ2v) is 9.08. The van der Waals surface area contributed by atoms with Gasteiger partial charge in [0.15, 0.2) is 5.16 Å². The Morgan fingerprint density at radius 2 is 1.94 bits per heavy atom. The topological polar surface area (TPSA) is 64.2 Å². The van der Waals surface area contributed by atoms with Crippen molar-refractivity contribution in [3.63, 3.8) is 0 Å². The minimum atomic E-state index is -0.00445. The molecule has 5 rings (SSSR count). The van der Waals surface area contributed by atoms with Gasteiger partial charge in [0.1, 0.15) is 12.1 Å². The van der Waals surface area contributed by atoms with Crippen LogP contribution in [-0.4, -0.2) is 32.2 Å². The fourth-order valence-electron chi connectivity index (χ4n) is 3.65. The Labute approximate surface area is 188 Å². The van der Waals surface area contributed by atoms with Gasteiger partial charge >= 0.3 is 0 Å². The summed E-state index contributed by atoms with van der Waals surface area (Å²) in [5, 5.41) is 8.90. The first-order chi connectivity index (χ1) is 15.3. The van der Waals surface area contributed by atoms with Gasteiger partial charge in [-0.2, -0.15) is 0 Å². The van der Waals surface area contributed by atoms with Crippen molar-refractivity contribution in [1.82, 2.24) is 14.8 Å². The van der Waals surface area contributed by atoms with Gasteiger partial charge in [-0.3, -0.25) is 4.79 Å². The standard InChI is InChI=1S/C23H20N4O2S2/c28-22(15-31-23-25-24-16-26(23)13-18-9-6-12-29-18)27-19-10-4-5-11-21(19)30-14-20(27)17-7-2-1-3-8-17/h1-12,16,20H,13-15H2. The molecule has 0 bridgehead atoms. The molecule has 2 aromatic heterocycles. The summed E-state index contributed by atoms with van der Waals surface area (Å²) in [5.41, 5.74) is 2.11. The number of thioether (sulfide) groups is 2. The molecule has 1 unspecified atom stereocenters. The van der Waals surface area contributed by atoms with Crippen LogP contribution in [0.5, 0.6) is 0 Å². The lowest BCUT2D eigenvalue weighted by atomic mass is 10.1. The molecule has 156 valence electrons. The zero-order valence-corrected chi connectivity index (χ0v) is 18.3. The Bertz CT molecular complexity index is 1160. The monoisotopic (exact) mass is 448 g/mol. The number of amides is 1. The fourth-order valence-corrected chi connectivity index (χ4v) is 5.59. The van der Waals surface area contributed by atoms with Gasteiger partial charge < -0.3 is 13.9 Å². The maximum atomic E-state index is 13.5. The third kappa shape index (κ3) is 4.26. The summed E-state index contributed by atoms with van der Waals surface area (Å²) >= 11 is 3.19. The van der Waals surface area contributed by atoms with Gasteiger partial charge in [0.2, 0.25) is 5.91 Å². The molecule has 6 nitrogen and oxygen atoms in total. The highest BCUT2D eigenvalue weighted by Crippen LogP contribution is 2.43. The largest absolute Gasteiger partial charge is 0.467 e. The van der Waals surface area contributed by atoms with E-state index in [1.807, 2.05) is 58.0 Å². The minimum Gasteiger partial charge on any atom is -0.467 e. The molecular formula is C23H20N4O2S2. The normalized spacial score (nSPS) is 15.6. The highest BCUT2D eigenvalue weighted by Gasteiger charge is 2.32. The molecule has 3 heterocycles. The number of benzene rings is 2. The average molecular weight is 449 g/mol. The van der Waals surface area contributed by atoms with E-state index in [9.17, 15) is 4.79 Å². The van der Waals surface area contributed by atoms with E-state index in [4.69, 9.17) is 4.42 Å². The molecule has 31 heavy (non-hydrogen) atoms. The predicted molar refractivity (Wildman–Crippen MR) is 122 cm³/mol. The lowest BCUT2D eigenvalue weighted by Crippen LogP contribution is -2.39. The van der Waals surface area contributed by atoms with Crippen LogP contribution in [0.2, 0.25) is 0 Å². The first-order valence-electron chi connectivity index (χ1n) is 9.91. The molecule has 0 fully saturated rings. The lowest BCUT2D eigenvalue weighted by Gasteiger charge is -2.37. The number of fused-ring (bicyclic) bond motifs is 1. The van der Waals surface area contributed by atoms with E-state index in [2.05, 4.69) is 28.4 Å². The second-order valence-electron chi connectivity index (χ2n) is 7.08. The van der Waals surface area contributed by atoms with Crippen molar-refractivity contribution >= 4 is 35.1 Å². The second kappa shape index (κ2) is 9.03. The van der Waals surface area contributed by atoms with Gasteiger partial charge in [0.25, 0.3) is 0 Å². The summed E-state index contributed by atoms with van der Waals surface area (Å²) in [7, 11) is 0. The zero-order chi connectivity index (χ0) is 21.0. The van der Waals surface area contributed by atoms with E-state index < -0.39 is 0 Å². The Morgan fingerprint density at radius 1 is 1.10 bits per heavy atom. The van der Waals surface area contributed by atoms with Crippen LogP contribution in [0.25, 0.3) is 0 Å². The summed E-state index contributed by atoms with van der Waals surface area (Å²) in [4.78, 5) is 16.6. The third-order valence-corrected chi connectivity index (χ3v) is 7.20. The number of rotatable bonds is 6. The molecule has 0 spiro atoms. The zero-order valence-electron chi connectivity index (χ0n) is 16.6. The molecule has 0 N–H and O–H groups in total. The van der Waals surface area contributed by atoms with Gasteiger partial charge in [0.05, 0.1) is 30.3 Å². The summed E-state index contributed by atoms with van der Waals surface area (Å²) in [6.45, 7) is 0.534. The molecule has 4 aromatic rings. The number of carbonyl (C=O) groups is 1. The Kier molecular flexibility index (Phi) is 5.82. The number of furan rings is 1. The molecule has 1 amide bonds. The van der Waals surface area contributed by atoms with Crippen molar-refractivity contribution in [2.45, 2.75) is 22.6 Å². The molecule has 1 aliphatic rings. The fraction of sp³-hybridized carbons (Fsp3) is 0.174. The first-order valence-corrected chi connectivity index (χ1v) is 11.9. The van der Waals surface area contributed by atoms with Crippen LogP contribution in [0.3, 0.4) is 0 Å². The number of para-hydroxylation sites is 1. The maximum Gasteiger partial charge on any atom is 0.238 e. The number of hydrogen-bond donors (Lipinski definition) is 0. The summed E-state index contributed by atoms with van der Waals surface area (Å²) < 4.78 is 7.32. The third-order valence-electron chi connectivity index (χ3n) is 5.10. The molecule has 0 aliphatic carbocycles. The van der Waals surface area contributed by atoms with Crippen molar-refractivity contribution in [2.75, 3.05) is 16.4 Å². The molecule has 0 radical (unpaired) electrons. The van der Waals surface area contributed by atoms with Gasteiger partial charge in [-0.1, -0.05) is 54.2 Å². The van der Waals surface area contributed by atoms with Gasteiger partial charge in [-0.15, -0.1) is 22.0 Å². The van der Waals surface area contributed by atoms with Gasteiger partial charge in [-0.25, -0.2) is 0 Å². The van der Waals surface area contributed by atoms with E-state index >= 15 is 0 Å². The minimum absolute atomic E-state index is 0.00445. The number of nitrogens with zero attached hydrogens (tertiary/aromatic N) is 4. The SMILES string of the molecule is O=C(CSc1nncn1Cc1ccco1)N1c2ccccc2SCC1c1ccccc1. The number of anilines is 1. The Morgan fingerprint density at radius 3 is 2.77 bits per heavy atom. The first kappa shape index (κ1) is 20.0. The van der Waals surface area contributed by atoms with Crippen LogP contribution in [-0.2, 0) is 11.3 Å². The van der Waals surface area contributed by atoms with Crippen LogP contribution in [0.1, 0.15) is 17.4 Å². The predicted octanol–water partition coefficient (Wildman–Crippen LogP) is 4.89. The van der Waals surface area contributed by atoms with E-state index in [0.29, 0.717) is 11.7 Å². The van der Waals surface area contributed by atoms with Gasteiger partial charge in [0, 0.05) is 10.6 Å². The van der Waals surface area contributed by atoms with Gasteiger partial charge in [-0.05, 0) is 29.8 Å². The van der Waals surface area contributed by atoms with Crippen molar-refractivity contribution in [1.29, 1.82) is 0 Å². The van der Waals surface area contributed by atoms with Crippen LogP contribution in [0, 0.1) is 0 Å². The highest BCUT2D eigenvalue weighted by molar-refractivity contribution is 8.00. The molecular weight excluding hydrogens is 428 g/mol. The Balaban J connectivity index is 1.37. The van der Waals surface area contributed by atoms with Crippen molar-refractivity contribution in [3.8, 4) is 0 Å². The van der Waals surface area contributed by atoms with Crippen LogP contribution in [0.15, 0.2) is 93.8 Å². The number of aromatic nitrogens is 3. The molecule has 1 aliphatic heterocycles.